The van der Waals surface area contributed by atoms with Crippen LogP contribution in [0.25, 0.3) is 0 Å². The van der Waals surface area contributed by atoms with Crippen molar-refractivity contribution in [3.05, 3.63) is 66.6 Å². The second kappa shape index (κ2) is 5.37. The van der Waals surface area contributed by atoms with Crippen LogP contribution in [-0.4, -0.2) is 11.9 Å². The molecule has 3 heteroatoms. The first-order valence-electron chi connectivity index (χ1n) is 6.80. The summed E-state index contributed by atoms with van der Waals surface area (Å²) in [5.41, 5.74) is 4.08. The molecule has 2 aromatic carbocycles. The second-order valence-corrected chi connectivity index (χ2v) is 5.08. The van der Waals surface area contributed by atoms with Gasteiger partial charge < -0.3 is 10.6 Å². The van der Waals surface area contributed by atoms with Crippen LogP contribution in [0.3, 0.4) is 0 Å². The molecule has 1 heterocycles. The van der Waals surface area contributed by atoms with Crippen LogP contribution in [0.2, 0.25) is 0 Å². The Morgan fingerprint density at radius 3 is 2.70 bits per heavy atom. The Bertz CT molecular complexity index is 619. The molecular weight excluding hydrogens is 248 g/mol. The SMILES string of the molecule is [CH2]c1ccc(NC(=O)C2CCc3ccccc3N2)cc1. The highest BCUT2D eigenvalue weighted by molar-refractivity contribution is 5.97. The molecule has 0 saturated heterocycles. The number of rotatable bonds is 2. The molecular formula is C17H17N2O. The van der Waals surface area contributed by atoms with Crippen molar-refractivity contribution in [2.75, 3.05) is 10.6 Å². The molecule has 1 aliphatic heterocycles. The van der Waals surface area contributed by atoms with Gasteiger partial charge in [-0.2, -0.15) is 0 Å². The van der Waals surface area contributed by atoms with Crippen molar-refractivity contribution in [1.29, 1.82) is 0 Å². The van der Waals surface area contributed by atoms with Crippen LogP contribution in [0.15, 0.2) is 48.5 Å². The number of para-hydroxylation sites is 1. The normalized spacial score (nSPS) is 16.9. The zero-order valence-corrected chi connectivity index (χ0v) is 11.2. The highest BCUT2D eigenvalue weighted by Crippen LogP contribution is 2.24. The van der Waals surface area contributed by atoms with Gasteiger partial charge in [0.25, 0.3) is 0 Å². The molecule has 0 spiro atoms. The molecule has 3 rings (SSSR count). The summed E-state index contributed by atoms with van der Waals surface area (Å²) in [4.78, 5) is 12.3. The second-order valence-electron chi connectivity index (χ2n) is 5.08. The molecule has 3 nitrogen and oxygen atoms in total. The summed E-state index contributed by atoms with van der Waals surface area (Å²) in [7, 11) is 0. The summed E-state index contributed by atoms with van der Waals surface area (Å²) in [6.07, 6.45) is 1.75. The van der Waals surface area contributed by atoms with Crippen molar-refractivity contribution in [2.45, 2.75) is 18.9 Å². The molecule has 0 bridgehead atoms. The van der Waals surface area contributed by atoms with Gasteiger partial charge >= 0.3 is 0 Å². The van der Waals surface area contributed by atoms with Crippen LogP contribution < -0.4 is 10.6 Å². The molecule has 0 aromatic heterocycles. The van der Waals surface area contributed by atoms with Crippen LogP contribution in [0, 0.1) is 6.92 Å². The van der Waals surface area contributed by atoms with E-state index in [1.165, 1.54) is 5.56 Å². The van der Waals surface area contributed by atoms with Crippen molar-refractivity contribution >= 4 is 17.3 Å². The highest BCUT2D eigenvalue weighted by Gasteiger charge is 2.23. The number of carbonyl (C=O) groups is 1. The maximum absolute atomic E-state index is 12.3. The number of fused-ring (bicyclic) bond motifs is 1. The van der Waals surface area contributed by atoms with Crippen LogP contribution in [0.1, 0.15) is 17.5 Å². The lowest BCUT2D eigenvalue weighted by atomic mass is 9.97. The summed E-state index contributed by atoms with van der Waals surface area (Å²) >= 11 is 0. The quantitative estimate of drug-likeness (QED) is 0.875. The van der Waals surface area contributed by atoms with Gasteiger partial charge in [0.15, 0.2) is 0 Å². The molecule has 1 aliphatic rings. The maximum atomic E-state index is 12.3. The number of amides is 1. The molecule has 1 unspecified atom stereocenters. The first-order valence-corrected chi connectivity index (χ1v) is 6.80. The first-order chi connectivity index (χ1) is 9.72. The Balaban J connectivity index is 1.68. The van der Waals surface area contributed by atoms with Gasteiger partial charge in [-0.3, -0.25) is 4.79 Å². The molecule has 1 radical (unpaired) electrons. The van der Waals surface area contributed by atoms with Gasteiger partial charge in [-0.1, -0.05) is 30.3 Å². The summed E-state index contributed by atoms with van der Waals surface area (Å²) in [6, 6.07) is 15.5. The van der Waals surface area contributed by atoms with Crippen molar-refractivity contribution in [3.8, 4) is 0 Å². The van der Waals surface area contributed by atoms with Crippen LogP contribution in [-0.2, 0) is 11.2 Å². The van der Waals surface area contributed by atoms with Crippen molar-refractivity contribution < 1.29 is 4.79 Å². The topological polar surface area (TPSA) is 41.1 Å². The summed E-state index contributed by atoms with van der Waals surface area (Å²) in [5, 5.41) is 6.24. The number of hydrogen-bond donors (Lipinski definition) is 2. The molecule has 20 heavy (non-hydrogen) atoms. The molecule has 2 aromatic rings. The number of carbonyl (C=O) groups excluding carboxylic acids is 1. The maximum Gasteiger partial charge on any atom is 0.246 e. The molecule has 2 N–H and O–H groups in total. The van der Waals surface area contributed by atoms with Gasteiger partial charge in [-0.25, -0.2) is 0 Å². The molecule has 0 aliphatic carbocycles. The third kappa shape index (κ3) is 2.67. The van der Waals surface area contributed by atoms with E-state index in [9.17, 15) is 4.79 Å². The minimum absolute atomic E-state index is 0.0105. The van der Waals surface area contributed by atoms with Crippen molar-refractivity contribution in [2.24, 2.45) is 0 Å². The smallest absolute Gasteiger partial charge is 0.246 e. The van der Waals surface area contributed by atoms with E-state index in [1.54, 1.807) is 0 Å². The largest absolute Gasteiger partial charge is 0.373 e. The lowest BCUT2D eigenvalue weighted by Crippen LogP contribution is -2.37. The van der Waals surface area contributed by atoms with Crippen LogP contribution in [0.5, 0.6) is 0 Å². The van der Waals surface area contributed by atoms with Gasteiger partial charge in [-0.05, 0) is 49.1 Å². The average Bonchev–Trinajstić information content (AvgIpc) is 2.49. The standard InChI is InChI=1S/C17H17N2O/c1-12-6-9-14(10-7-12)18-17(20)16-11-8-13-4-2-3-5-15(13)19-16/h2-7,9-10,16,19H,1,8,11H2,(H,18,20). The first kappa shape index (κ1) is 12.7. The Morgan fingerprint density at radius 1 is 1.15 bits per heavy atom. The minimum atomic E-state index is -0.177. The van der Waals surface area contributed by atoms with Crippen LogP contribution in [0.4, 0.5) is 11.4 Å². The Labute approximate surface area is 119 Å². The van der Waals surface area contributed by atoms with Gasteiger partial charge in [0.05, 0.1) is 0 Å². The minimum Gasteiger partial charge on any atom is -0.373 e. The lowest BCUT2D eigenvalue weighted by Gasteiger charge is -2.26. The fourth-order valence-corrected chi connectivity index (χ4v) is 2.45. The summed E-state index contributed by atoms with van der Waals surface area (Å²) in [6.45, 7) is 3.83. The molecule has 0 saturated carbocycles. The third-order valence-corrected chi connectivity index (χ3v) is 3.59. The van der Waals surface area contributed by atoms with E-state index in [0.717, 1.165) is 29.8 Å². The van der Waals surface area contributed by atoms with E-state index in [0.29, 0.717) is 0 Å². The Morgan fingerprint density at radius 2 is 1.90 bits per heavy atom. The number of nitrogens with one attached hydrogen (secondary N) is 2. The lowest BCUT2D eigenvalue weighted by molar-refractivity contribution is -0.117. The van der Waals surface area contributed by atoms with E-state index in [2.05, 4.69) is 23.6 Å². The molecule has 0 fully saturated rings. The van der Waals surface area contributed by atoms with E-state index in [4.69, 9.17) is 0 Å². The molecule has 1 amide bonds. The van der Waals surface area contributed by atoms with E-state index in [1.807, 2.05) is 42.5 Å². The predicted octanol–water partition coefficient (Wildman–Crippen LogP) is 3.23. The Kier molecular flexibility index (Phi) is 3.42. The number of aryl methyl sites for hydroxylation is 1. The molecule has 1 atom stereocenters. The van der Waals surface area contributed by atoms with Crippen LogP contribution >= 0.6 is 0 Å². The van der Waals surface area contributed by atoms with Crippen molar-refractivity contribution in [1.82, 2.24) is 0 Å². The van der Waals surface area contributed by atoms with Gasteiger partial charge in [0.2, 0.25) is 5.91 Å². The monoisotopic (exact) mass is 265 g/mol. The number of benzene rings is 2. The van der Waals surface area contributed by atoms with Gasteiger partial charge in [0.1, 0.15) is 6.04 Å². The van der Waals surface area contributed by atoms with E-state index < -0.39 is 0 Å². The fraction of sp³-hybridized carbons (Fsp3) is 0.176. The van der Waals surface area contributed by atoms with Gasteiger partial charge in [0, 0.05) is 11.4 Å². The zero-order chi connectivity index (χ0) is 13.9. The van der Waals surface area contributed by atoms with E-state index in [-0.39, 0.29) is 11.9 Å². The van der Waals surface area contributed by atoms with Crippen molar-refractivity contribution in [3.63, 3.8) is 0 Å². The number of anilines is 2. The molecule has 101 valence electrons. The highest BCUT2D eigenvalue weighted by atomic mass is 16.2. The average molecular weight is 265 g/mol. The van der Waals surface area contributed by atoms with Gasteiger partial charge in [-0.15, -0.1) is 0 Å². The predicted molar refractivity (Wildman–Crippen MR) is 81.7 cm³/mol. The summed E-state index contributed by atoms with van der Waals surface area (Å²) < 4.78 is 0. The summed E-state index contributed by atoms with van der Waals surface area (Å²) in [5.74, 6) is 0.0105. The van der Waals surface area contributed by atoms with E-state index >= 15 is 0 Å². The Hall–Kier alpha value is -2.29. The number of hydrogen-bond acceptors (Lipinski definition) is 2. The fourth-order valence-electron chi connectivity index (χ4n) is 2.45. The third-order valence-electron chi connectivity index (χ3n) is 3.59. The zero-order valence-electron chi connectivity index (χ0n) is 11.2.